The van der Waals surface area contributed by atoms with Crippen LogP contribution in [0.25, 0.3) is 5.70 Å². The van der Waals surface area contributed by atoms with E-state index in [0.29, 0.717) is 42.3 Å². The molecule has 2 aliphatic rings. The van der Waals surface area contributed by atoms with E-state index in [1.54, 1.807) is 4.90 Å². The Balaban J connectivity index is 1.90. The number of unbranched alkanes of at least 4 members (excludes halogenated alkanes) is 1. The van der Waals surface area contributed by atoms with Gasteiger partial charge in [0, 0.05) is 30.8 Å². The van der Waals surface area contributed by atoms with Gasteiger partial charge in [-0.15, -0.1) is 0 Å². The number of nitrogens with one attached hydrogen (secondary N) is 2. The number of hydrogen-bond donors (Lipinski definition) is 2. The van der Waals surface area contributed by atoms with E-state index in [2.05, 4.69) is 22.5 Å². The molecule has 1 fully saturated rings. The molecule has 1 aromatic rings. The first-order valence-corrected chi connectivity index (χ1v) is 9.32. The monoisotopic (exact) mass is 365 g/mol. The van der Waals surface area contributed by atoms with E-state index in [1.807, 2.05) is 30.3 Å². The van der Waals surface area contributed by atoms with E-state index in [-0.39, 0.29) is 17.5 Å². The maximum atomic E-state index is 12.8. The molecule has 0 unspecified atom stereocenters. The standard InChI is InChI=1S/C20H23N5O2/c1-2-3-10-22-20(27)24-18-15-9-5-4-8-14(15)17(23-18)16(13-21)19(26)25-11-6-7-12-25/h4-5,8-9H,2-3,6-7,10-12H2,1H3,(H2,22,23,24,27)/b17-16-. The van der Waals surface area contributed by atoms with Crippen LogP contribution < -0.4 is 10.6 Å². The Morgan fingerprint density at radius 1 is 1.22 bits per heavy atom. The zero-order chi connectivity index (χ0) is 19.2. The predicted molar refractivity (Wildman–Crippen MR) is 103 cm³/mol. The van der Waals surface area contributed by atoms with Crippen LogP contribution in [0.3, 0.4) is 0 Å². The van der Waals surface area contributed by atoms with Crippen molar-refractivity contribution in [2.24, 2.45) is 4.99 Å². The van der Waals surface area contributed by atoms with Crippen molar-refractivity contribution in [3.05, 3.63) is 41.0 Å². The Kier molecular flexibility index (Phi) is 5.87. The summed E-state index contributed by atoms with van der Waals surface area (Å²) >= 11 is 0. The van der Waals surface area contributed by atoms with Crippen LogP contribution in [0.4, 0.5) is 4.79 Å². The highest BCUT2D eigenvalue weighted by molar-refractivity contribution is 6.18. The van der Waals surface area contributed by atoms with Gasteiger partial charge in [0.15, 0.2) is 0 Å². The first-order chi connectivity index (χ1) is 13.2. The number of amidine groups is 1. The minimum atomic E-state index is -0.345. The molecule has 0 radical (unpaired) electrons. The van der Waals surface area contributed by atoms with Gasteiger partial charge in [0.25, 0.3) is 5.91 Å². The first-order valence-electron chi connectivity index (χ1n) is 9.32. The lowest BCUT2D eigenvalue weighted by Gasteiger charge is -2.15. The third-order valence-electron chi connectivity index (χ3n) is 4.66. The lowest BCUT2D eigenvalue weighted by molar-refractivity contribution is -0.125. The molecule has 27 heavy (non-hydrogen) atoms. The van der Waals surface area contributed by atoms with Crippen LogP contribution in [0.2, 0.25) is 0 Å². The van der Waals surface area contributed by atoms with Gasteiger partial charge in [-0.25, -0.2) is 9.79 Å². The van der Waals surface area contributed by atoms with Crippen LogP contribution in [0.1, 0.15) is 43.7 Å². The number of nitrogens with zero attached hydrogens (tertiary/aromatic N) is 3. The van der Waals surface area contributed by atoms with Crippen molar-refractivity contribution in [1.29, 1.82) is 5.26 Å². The second-order valence-corrected chi connectivity index (χ2v) is 6.58. The number of benzene rings is 1. The molecule has 0 spiro atoms. The van der Waals surface area contributed by atoms with Gasteiger partial charge in [-0.05, 0) is 19.3 Å². The molecule has 3 rings (SSSR count). The van der Waals surface area contributed by atoms with Crippen LogP contribution in [0.5, 0.6) is 0 Å². The van der Waals surface area contributed by atoms with Gasteiger partial charge in [-0.1, -0.05) is 37.6 Å². The number of carbonyl (C=O) groups is 2. The highest BCUT2D eigenvalue weighted by Gasteiger charge is 2.30. The van der Waals surface area contributed by atoms with Crippen molar-refractivity contribution < 1.29 is 9.59 Å². The Morgan fingerprint density at radius 3 is 2.59 bits per heavy atom. The summed E-state index contributed by atoms with van der Waals surface area (Å²) in [6.45, 7) is 3.95. The number of urea groups is 1. The van der Waals surface area contributed by atoms with Crippen LogP contribution in [0.15, 0.2) is 34.8 Å². The Morgan fingerprint density at radius 2 is 1.93 bits per heavy atom. The number of aliphatic imine (C=N–C) groups is 1. The molecule has 0 saturated carbocycles. The molecular weight excluding hydrogens is 342 g/mol. The molecule has 7 heteroatoms. The summed E-state index contributed by atoms with van der Waals surface area (Å²) in [4.78, 5) is 31.0. The van der Waals surface area contributed by atoms with E-state index in [1.165, 1.54) is 0 Å². The molecular formula is C20H23N5O2. The maximum absolute atomic E-state index is 12.8. The smallest absolute Gasteiger partial charge is 0.320 e. The average Bonchev–Trinajstić information content (AvgIpc) is 3.32. The molecule has 140 valence electrons. The van der Waals surface area contributed by atoms with Gasteiger partial charge in [0.05, 0.1) is 5.70 Å². The van der Waals surface area contributed by atoms with Crippen molar-refractivity contribution in [1.82, 2.24) is 15.5 Å². The van der Waals surface area contributed by atoms with Crippen molar-refractivity contribution in [3.8, 4) is 6.07 Å². The quantitative estimate of drug-likeness (QED) is 0.487. The van der Waals surface area contributed by atoms with E-state index < -0.39 is 0 Å². The van der Waals surface area contributed by atoms with E-state index in [0.717, 1.165) is 25.7 Å². The van der Waals surface area contributed by atoms with E-state index in [9.17, 15) is 14.9 Å². The summed E-state index contributed by atoms with van der Waals surface area (Å²) in [5.74, 6) is 0.0637. The third-order valence-corrected chi connectivity index (χ3v) is 4.66. The summed E-state index contributed by atoms with van der Waals surface area (Å²) in [7, 11) is 0. The van der Waals surface area contributed by atoms with Crippen molar-refractivity contribution in [2.45, 2.75) is 32.6 Å². The number of carbonyl (C=O) groups excluding carboxylic acids is 2. The molecule has 0 bridgehead atoms. The molecule has 3 amide bonds. The molecule has 0 aliphatic carbocycles. The lowest BCUT2D eigenvalue weighted by atomic mass is 10.0. The van der Waals surface area contributed by atoms with Gasteiger partial charge in [-0.2, -0.15) is 5.26 Å². The Labute approximate surface area is 158 Å². The second-order valence-electron chi connectivity index (χ2n) is 6.58. The summed E-state index contributed by atoms with van der Waals surface area (Å²) in [5.41, 5.74) is 1.74. The number of fused-ring (bicyclic) bond motifs is 1. The largest absolute Gasteiger partial charge is 0.338 e. The summed E-state index contributed by atoms with van der Waals surface area (Å²) < 4.78 is 0. The molecule has 1 aromatic carbocycles. The summed E-state index contributed by atoms with van der Waals surface area (Å²) in [6.07, 6.45) is 3.78. The fourth-order valence-electron chi connectivity index (χ4n) is 3.23. The molecule has 2 heterocycles. The predicted octanol–water partition coefficient (Wildman–Crippen LogP) is 2.40. The molecule has 0 aromatic heterocycles. The molecule has 2 N–H and O–H groups in total. The minimum absolute atomic E-state index is 0.0209. The second kappa shape index (κ2) is 8.49. The van der Waals surface area contributed by atoms with Crippen molar-refractivity contribution in [2.75, 3.05) is 19.6 Å². The van der Waals surface area contributed by atoms with Crippen LogP contribution in [-0.4, -0.2) is 42.3 Å². The minimum Gasteiger partial charge on any atom is -0.338 e. The first kappa shape index (κ1) is 18.6. The average molecular weight is 365 g/mol. The van der Waals surface area contributed by atoms with Crippen LogP contribution >= 0.6 is 0 Å². The van der Waals surface area contributed by atoms with Gasteiger partial charge in [0.2, 0.25) is 0 Å². The maximum Gasteiger partial charge on any atom is 0.320 e. The summed E-state index contributed by atoms with van der Waals surface area (Å²) in [5, 5.41) is 15.2. The van der Waals surface area contributed by atoms with Gasteiger partial charge < -0.3 is 10.2 Å². The van der Waals surface area contributed by atoms with E-state index in [4.69, 9.17) is 0 Å². The summed E-state index contributed by atoms with van der Waals surface area (Å²) in [6, 6.07) is 8.98. The zero-order valence-corrected chi connectivity index (χ0v) is 15.4. The lowest BCUT2D eigenvalue weighted by Crippen LogP contribution is -2.39. The Bertz CT molecular complexity index is 844. The highest BCUT2D eigenvalue weighted by Crippen LogP contribution is 2.31. The number of rotatable bonds is 4. The van der Waals surface area contributed by atoms with Gasteiger partial charge in [-0.3, -0.25) is 10.1 Å². The number of nitriles is 1. The third kappa shape index (κ3) is 4.00. The van der Waals surface area contributed by atoms with Crippen molar-refractivity contribution in [3.63, 3.8) is 0 Å². The Hall–Kier alpha value is -3.14. The van der Waals surface area contributed by atoms with Crippen LogP contribution in [0, 0.1) is 11.3 Å². The van der Waals surface area contributed by atoms with E-state index >= 15 is 0 Å². The topological polar surface area (TPSA) is 97.6 Å². The molecule has 7 nitrogen and oxygen atoms in total. The van der Waals surface area contributed by atoms with Crippen LogP contribution in [-0.2, 0) is 4.79 Å². The highest BCUT2D eigenvalue weighted by atomic mass is 16.2. The molecule has 1 saturated heterocycles. The van der Waals surface area contributed by atoms with Gasteiger partial charge >= 0.3 is 6.03 Å². The van der Waals surface area contributed by atoms with Crippen molar-refractivity contribution >= 4 is 23.5 Å². The fraction of sp³-hybridized carbons (Fsp3) is 0.400. The molecule has 0 atom stereocenters. The fourth-order valence-corrected chi connectivity index (χ4v) is 3.23. The number of hydrogen-bond acceptors (Lipinski definition) is 4. The number of likely N-dealkylation sites (tertiary alicyclic amines) is 1. The molecule has 2 aliphatic heterocycles. The number of amides is 3. The SMILES string of the molecule is CCCCNC(=O)NC1=N/C(=C(/C#N)C(=O)N2CCCC2)c2ccccc21. The normalized spacial score (nSPS) is 17.0. The van der Waals surface area contributed by atoms with Gasteiger partial charge in [0.1, 0.15) is 17.5 Å². The zero-order valence-electron chi connectivity index (χ0n) is 15.4.